The lowest BCUT2D eigenvalue weighted by Gasteiger charge is -2.14. The van der Waals surface area contributed by atoms with Crippen LogP contribution in [-0.4, -0.2) is 17.0 Å². The normalized spacial score (nSPS) is 23.0. The maximum Gasteiger partial charge on any atom is 0.228 e. The lowest BCUT2D eigenvalue weighted by Crippen LogP contribution is -2.15. The lowest BCUT2D eigenvalue weighted by molar-refractivity contribution is -0.117. The number of hydrogen-bond acceptors (Lipinski definition) is 3. The van der Waals surface area contributed by atoms with Gasteiger partial charge in [0.1, 0.15) is 5.75 Å². The molecule has 4 rings (SSSR count). The van der Waals surface area contributed by atoms with Crippen LogP contribution < -0.4 is 10.1 Å². The highest BCUT2D eigenvalue weighted by atomic mass is 16.5. The molecule has 0 unspecified atom stereocenters. The predicted octanol–water partition coefficient (Wildman–Crippen LogP) is 4.15. The Morgan fingerprint density at radius 1 is 1.17 bits per heavy atom. The van der Waals surface area contributed by atoms with Gasteiger partial charge in [0.15, 0.2) is 0 Å². The van der Waals surface area contributed by atoms with Gasteiger partial charge in [-0.15, -0.1) is 0 Å². The second kappa shape index (κ2) is 6.63. The molecule has 1 aromatic heterocycles. The Bertz CT molecular complexity index is 711. The van der Waals surface area contributed by atoms with Gasteiger partial charge in [-0.3, -0.25) is 9.78 Å². The maximum absolute atomic E-state index is 12.4. The fourth-order valence-electron chi connectivity index (χ4n) is 3.53. The first-order valence-corrected chi connectivity index (χ1v) is 8.77. The number of aromatic nitrogens is 1. The SMILES string of the molecule is O=C(Nc1cccc(OC2CCCC2)c1)[C@@H]1C[C@@H]1c1cccnc1. The van der Waals surface area contributed by atoms with Crippen molar-refractivity contribution in [1.29, 1.82) is 0 Å². The van der Waals surface area contributed by atoms with Crippen LogP contribution >= 0.6 is 0 Å². The topological polar surface area (TPSA) is 51.2 Å². The van der Waals surface area contributed by atoms with Gasteiger partial charge < -0.3 is 10.1 Å². The second-order valence-electron chi connectivity index (χ2n) is 6.78. The van der Waals surface area contributed by atoms with Crippen LogP contribution in [0.1, 0.15) is 43.6 Å². The molecule has 2 aliphatic rings. The Morgan fingerprint density at radius 3 is 2.83 bits per heavy atom. The summed E-state index contributed by atoms with van der Waals surface area (Å²) in [6.07, 6.45) is 9.60. The predicted molar refractivity (Wildman–Crippen MR) is 93.0 cm³/mol. The van der Waals surface area contributed by atoms with Crippen molar-refractivity contribution in [1.82, 2.24) is 4.98 Å². The molecule has 1 heterocycles. The molecule has 1 aromatic carbocycles. The van der Waals surface area contributed by atoms with E-state index in [1.165, 1.54) is 12.8 Å². The third-order valence-corrected chi connectivity index (χ3v) is 4.95. The molecule has 0 saturated heterocycles. The van der Waals surface area contributed by atoms with Crippen LogP contribution in [0.2, 0.25) is 0 Å². The number of hydrogen-bond donors (Lipinski definition) is 1. The summed E-state index contributed by atoms with van der Waals surface area (Å²) < 4.78 is 6.00. The number of rotatable bonds is 5. The number of nitrogens with zero attached hydrogens (tertiary/aromatic N) is 1. The van der Waals surface area contributed by atoms with E-state index in [1.54, 1.807) is 6.20 Å². The zero-order valence-electron chi connectivity index (χ0n) is 13.7. The summed E-state index contributed by atoms with van der Waals surface area (Å²) in [5.41, 5.74) is 1.96. The van der Waals surface area contributed by atoms with E-state index in [9.17, 15) is 4.79 Å². The van der Waals surface area contributed by atoms with Crippen LogP contribution in [0.15, 0.2) is 48.8 Å². The van der Waals surface area contributed by atoms with Crippen molar-refractivity contribution in [2.24, 2.45) is 5.92 Å². The van der Waals surface area contributed by atoms with E-state index < -0.39 is 0 Å². The number of nitrogens with one attached hydrogen (secondary N) is 1. The van der Waals surface area contributed by atoms with Gasteiger partial charge in [-0.25, -0.2) is 0 Å². The molecular formula is C20H22N2O2. The van der Waals surface area contributed by atoms with Gasteiger partial charge in [0.05, 0.1) is 6.10 Å². The zero-order chi connectivity index (χ0) is 16.4. The van der Waals surface area contributed by atoms with Crippen LogP contribution in [0.5, 0.6) is 5.75 Å². The number of carbonyl (C=O) groups excluding carboxylic acids is 1. The van der Waals surface area contributed by atoms with Crippen molar-refractivity contribution in [2.45, 2.75) is 44.1 Å². The van der Waals surface area contributed by atoms with Crippen LogP contribution in [0, 0.1) is 5.92 Å². The van der Waals surface area contributed by atoms with E-state index in [-0.39, 0.29) is 11.8 Å². The van der Waals surface area contributed by atoms with Crippen molar-refractivity contribution < 1.29 is 9.53 Å². The van der Waals surface area contributed by atoms with Crippen LogP contribution in [0.4, 0.5) is 5.69 Å². The number of pyridine rings is 1. The summed E-state index contributed by atoms with van der Waals surface area (Å²) in [5.74, 6) is 1.28. The van der Waals surface area contributed by atoms with Gasteiger partial charge in [-0.1, -0.05) is 12.1 Å². The summed E-state index contributed by atoms with van der Waals surface area (Å²) in [5, 5.41) is 3.03. The highest BCUT2D eigenvalue weighted by molar-refractivity contribution is 5.95. The van der Waals surface area contributed by atoms with Crippen molar-refractivity contribution >= 4 is 11.6 Å². The van der Waals surface area contributed by atoms with Crippen LogP contribution in [0.25, 0.3) is 0 Å². The smallest absolute Gasteiger partial charge is 0.228 e. The minimum absolute atomic E-state index is 0.0496. The van der Waals surface area contributed by atoms with Crippen molar-refractivity contribution in [2.75, 3.05) is 5.32 Å². The van der Waals surface area contributed by atoms with Gasteiger partial charge in [-0.05, 0) is 61.8 Å². The van der Waals surface area contributed by atoms with E-state index in [2.05, 4.69) is 10.3 Å². The van der Waals surface area contributed by atoms with Crippen LogP contribution in [-0.2, 0) is 4.79 Å². The van der Waals surface area contributed by atoms with Gasteiger partial charge in [0.2, 0.25) is 5.91 Å². The Labute approximate surface area is 142 Å². The highest BCUT2D eigenvalue weighted by Crippen LogP contribution is 2.47. The lowest BCUT2D eigenvalue weighted by atomic mass is 10.1. The van der Waals surface area contributed by atoms with Gasteiger partial charge in [0.25, 0.3) is 0 Å². The van der Waals surface area contributed by atoms with E-state index in [0.717, 1.165) is 36.3 Å². The number of ether oxygens (including phenoxy) is 1. The second-order valence-corrected chi connectivity index (χ2v) is 6.78. The van der Waals surface area contributed by atoms with E-state index >= 15 is 0 Å². The maximum atomic E-state index is 12.4. The first-order chi connectivity index (χ1) is 11.8. The molecule has 2 fully saturated rings. The minimum atomic E-state index is 0.0496. The average molecular weight is 322 g/mol. The first-order valence-electron chi connectivity index (χ1n) is 8.77. The van der Waals surface area contributed by atoms with E-state index in [1.807, 2.05) is 42.6 Å². The van der Waals surface area contributed by atoms with E-state index in [0.29, 0.717) is 12.0 Å². The molecular weight excluding hydrogens is 300 g/mol. The third kappa shape index (κ3) is 3.42. The molecule has 0 bridgehead atoms. The monoisotopic (exact) mass is 322 g/mol. The molecule has 24 heavy (non-hydrogen) atoms. The average Bonchev–Trinajstić information content (AvgIpc) is 3.26. The third-order valence-electron chi connectivity index (χ3n) is 4.95. The molecule has 4 nitrogen and oxygen atoms in total. The molecule has 2 aromatic rings. The molecule has 0 aliphatic heterocycles. The molecule has 0 radical (unpaired) electrons. The Kier molecular flexibility index (Phi) is 4.20. The summed E-state index contributed by atoms with van der Waals surface area (Å²) >= 11 is 0. The molecule has 2 aliphatic carbocycles. The van der Waals surface area contributed by atoms with Crippen molar-refractivity contribution in [3.63, 3.8) is 0 Å². The summed E-state index contributed by atoms with van der Waals surface area (Å²) in [7, 11) is 0. The Balaban J connectivity index is 1.36. The molecule has 2 saturated carbocycles. The van der Waals surface area contributed by atoms with Crippen LogP contribution in [0.3, 0.4) is 0 Å². The first kappa shape index (κ1) is 15.2. The minimum Gasteiger partial charge on any atom is -0.490 e. The van der Waals surface area contributed by atoms with E-state index in [4.69, 9.17) is 4.74 Å². The molecule has 1 amide bonds. The number of carbonyl (C=O) groups is 1. The number of benzene rings is 1. The fourth-order valence-corrected chi connectivity index (χ4v) is 3.53. The van der Waals surface area contributed by atoms with Gasteiger partial charge in [-0.2, -0.15) is 0 Å². The molecule has 0 spiro atoms. The summed E-state index contributed by atoms with van der Waals surface area (Å²) in [6, 6.07) is 11.7. The molecule has 2 atom stereocenters. The molecule has 1 N–H and O–H groups in total. The standard InChI is InChI=1S/C20H22N2O2/c23-20(19-12-18(19)14-5-4-10-21-13-14)22-15-6-3-9-17(11-15)24-16-7-1-2-8-16/h3-6,9-11,13,16,18-19H,1-2,7-8,12H2,(H,22,23)/t18-,19-/m1/s1. The fraction of sp³-hybridized carbons (Fsp3) is 0.400. The number of anilines is 1. The van der Waals surface area contributed by atoms with Crippen molar-refractivity contribution in [3.8, 4) is 5.75 Å². The summed E-state index contributed by atoms with van der Waals surface area (Å²) in [6.45, 7) is 0. The molecule has 4 heteroatoms. The molecule has 124 valence electrons. The summed E-state index contributed by atoms with van der Waals surface area (Å²) in [4.78, 5) is 16.6. The van der Waals surface area contributed by atoms with Gasteiger partial charge in [0, 0.05) is 30.1 Å². The largest absolute Gasteiger partial charge is 0.490 e. The highest BCUT2D eigenvalue weighted by Gasteiger charge is 2.44. The number of amides is 1. The quantitative estimate of drug-likeness (QED) is 0.900. The van der Waals surface area contributed by atoms with Crippen molar-refractivity contribution in [3.05, 3.63) is 54.4 Å². The Hall–Kier alpha value is -2.36. The van der Waals surface area contributed by atoms with Gasteiger partial charge >= 0.3 is 0 Å². The Morgan fingerprint density at radius 2 is 2.04 bits per heavy atom. The zero-order valence-corrected chi connectivity index (χ0v) is 13.7.